The number of fused-ring (bicyclic) bond motifs is 9. The minimum atomic E-state index is -1.30. The van der Waals surface area contributed by atoms with Crippen LogP contribution in [0.3, 0.4) is 0 Å². The lowest BCUT2D eigenvalue weighted by molar-refractivity contribution is -0.255. The number of ether oxygens (including phenoxy) is 1. The molecule has 1 aromatic rings. The molecule has 0 N–H and O–H groups in total. The van der Waals surface area contributed by atoms with Crippen LogP contribution >= 0.6 is 0 Å². The van der Waals surface area contributed by atoms with Gasteiger partial charge < -0.3 is 14.6 Å². The van der Waals surface area contributed by atoms with Gasteiger partial charge in [0.05, 0.1) is 5.97 Å². The maximum absolute atomic E-state index is 14.2. The number of rotatable bonds is 3. The highest BCUT2D eigenvalue weighted by molar-refractivity contribution is 5.86. The molecule has 7 unspecified atom stereocenters. The second kappa shape index (κ2) is 4.74. The molecule has 4 aliphatic rings. The van der Waals surface area contributed by atoms with Crippen LogP contribution in [-0.4, -0.2) is 11.6 Å². The lowest BCUT2D eigenvalue weighted by atomic mass is 9.66. The quantitative estimate of drug-likeness (QED) is 0.801. The number of hydrogen-bond donors (Lipinski definition) is 0. The Morgan fingerprint density at radius 3 is 2.71 bits per heavy atom. The van der Waals surface area contributed by atoms with Gasteiger partial charge in [-0.05, 0) is 86.8 Å². The Morgan fingerprint density at radius 1 is 1.21 bits per heavy atom. The molecule has 0 saturated heterocycles. The van der Waals surface area contributed by atoms with Crippen LogP contribution in [0.2, 0.25) is 0 Å². The van der Waals surface area contributed by atoms with Crippen molar-refractivity contribution in [1.29, 1.82) is 0 Å². The van der Waals surface area contributed by atoms with Crippen molar-refractivity contribution in [2.24, 2.45) is 35.5 Å². The third-order valence-electron chi connectivity index (χ3n) is 7.57. The Hall–Kier alpha value is -1.58. The van der Waals surface area contributed by atoms with Crippen molar-refractivity contribution in [3.8, 4) is 5.75 Å². The maximum Gasteiger partial charge on any atom is 0.165 e. The van der Waals surface area contributed by atoms with E-state index in [4.69, 9.17) is 4.74 Å². The Balaban J connectivity index is 1.44. The van der Waals surface area contributed by atoms with Gasteiger partial charge in [-0.2, -0.15) is 0 Å². The Bertz CT molecular complexity index is 717. The normalized spacial score (nSPS) is 44.8. The molecular weight excluding hydrogens is 307 g/mol. The van der Waals surface area contributed by atoms with Crippen LogP contribution in [0.25, 0.3) is 0 Å². The molecule has 3 nitrogen and oxygen atoms in total. The van der Waals surface area contributed by atoms with Crippen molar-refractivity contribution >= 4 is 5.97 Å². The highest BCUT2D eigenvalue weighted by Crippen LogP contribution is 2.70. The molecule has 0 aromatic heterocycles. The van der Waals surface area contributed by atoms with Gasteiger partial charge in [0.2, 0.25) is 0 Å². The predicted molar refractivity (Wildman–Crippen MR) is 83.8 cm³/mol. The number of hydrogen-bond acceptors (Lipinski definition) is 3. The standard InChI is InChI=1S/C20H23FO3/c1-20(24-16-8-12(19(22)23)4-5-15(16)21)9-13-7-14(20)18-11-3-2-10(6-11)17(13)18/h4-5,8,10-11,13-14,17-18H,2-3,6-7,9H2,1H3,(H,22,23)/p-1. The average molecular weight is 329 g/mol. The summed E-state index contributed by atoms with van der Waals surface area (Å²) in [4.78, 5) is 11.1. The molecule has 0 amide bonds. The first kappa shape index (κ1) is 14.7. The molecule has 5 rings (SSSR count). The number of carboxylic acids is 1. The van der Waals surface area contributed by atoms with Gasteiger partial charge in [0.15, 0.2) is 11.6 Å². The number of carbonyl (C=O) groups is 1. The number of halogens is 1. The predicted octanol–water partition coefficient (Wildman–Crippen LogP) is 3.03. The van der Waals surface area contributed by atoms with Crippen molar-refractivity contribution in [2.75, 3.05) is 0 Å². The number of aromatic carboxylic acids is 1. The van der Waals surface area contributed by atoms with Gasteiger partial charge in [0.25, 0.3) is 0 Å². The van der Waals surface area contributed by atoms with Crippen LogP contribution in [0.1, 0.15) is 49.4 Å². The number of carbonyl (C=O) groups excluding carboxylic acids is 1. The molecular formula is C20H22FO3-. The fraction of sp³-hybridized carbons (Fsp3) is 0.650. The summed E-state index contributed by atoms with van der Waals surface area (Å²) >= 11 is 0. The van der Waals surface area contributed by atoms with Crippen LogP contribution in [-0.2, 0) is 0 Å². The molecule has 128 valence electrons. The van der Waals surface area contributed by atoms with E-state index in [0.717, 1.165) is 36.2 Å². The molecule has 0 spiro atoms. The van der Waals surface area contributed by atoms with Gasteiger partial charge >= 0.3 is 0 Å². The van der Waals surface area contributed by atoms with Gasteiger partial charge in [-0.3, -0.25) is 0 Å². The Kier molecular flexibility index (Phi) is 2.91. The summed E-state index contributed by atoms with van der Waals surface area (Å²) in [5.41, 5.74) is -0.405. The molecule has 4 saturated carbocycles. The lowest BCUT2D eigenvalue weighted by Crippen LogP contribution is -2.46. The third kappa shape index (κ3) is 1.86. The van der Waals surface area contributed by atoms with Gasteiger partial charge in [-0.1, -0.05) is 0 Å². The van der Waals surface area contributed by atoms with E-state index >= 15 is 0 Å². The van der Waals surface area contributed by atoms with Crippen LogP contribution < -0.4 is 9.84 Å². The SMILES string of the molecule is CC1(Oc2cc(C(=O)[O-])ccc2F)CC2CC1C1C3CCC(C3)C21. The monoisotopic (exact) mass is 329 g/mol. The molecule has 4 aliphatic carbocycles. The fourth-order valence-corrected chi connectivity index (χ4v) is 6.94. The minimum absolute atomic E-state index is 0.0315. The van der Waals surface area contributed by atoms with E-state index in [1.807, 2.05) is 0 Å². The van der Waals surface area contributed by atoms with E-state index in [-0.39, 0.29) is 16.9 Å². The lowest BCUT2D eigenvalue weighted by Gasteiger charge is -2.44. The highest BCUT2D eigenvalue weighted by Gasteiger charge is 2.66. The highest BCUT2D eigenvalue weighted by atomic mass is 19.1. The topological polar surface area (TPSA) is 49.4 Å². The first-order valence-corrected chi connectivity index (χ1v) is 9.16. The smallest absolute Gasteiger partial charge is 0.165 e. The minimum Gasteiger partial charge on any atom is -0.545 e. The van der Waals surface area contributed by atoms with E-state index in [1.54, 1.807) is 0 Å². The fourth-order valence-electron chi connectivity index (χ4n) is 6.94. The van der Waals surface area contributed by atoms with E-state index in [2.05, 4.69) is 6.92 Å². The van der Waals surface area contributed by atoms with Crippen LogP contribution in [0.5, 0.6) is 5.75 Å². The van der Waals surface area contributed by atoms with Gasteiger partial charge in [-0.15, -0.1) is 0 Å². The zero-order valence-corrected chi connectivity index (χ0v) is 13.8. The first-order valence-electron chi connectivity index (χ1n) is 9.16. The van der Waals surface area contributed by atoms with Crippen LogP contribution in [0.15, 0.2) is 18.2 Å². The van der Waals surface area contributed by atoms with E-state index < -0.39 is 11.8 Å². The molecule has 0 radical (unpaired) electrons. The summed E-state index contributed by atoms with van der Waals surface area (Å²) in [6.45, 7) is 2.10. The second-order valence-electron chi connectivity index (χ2n) is 8.64. The van der Waals surface area contributed by atoms with Crippen molar-refractivity contribution < 1.29 is 19.0 Å². The Morgan fingerprint density at radius 2 is 1.96 bits per heavy atom. The first-order chi connectivity index (χ1) is 11.5. The zero-order chi connectivity index (χ0) is 16.6. The molecule has 4 heteroatoms. The van der Waals surface area contributed by atoms with E-state index in [9.17, 15) is 14.3 Å². The molecule has 4 fully saturated rings. The van der Waals surface area contributed by atoms with Crippen molar-refractivity contribution in [2.45, 2.75) is 44.6 Å². The maximum atomic E-state index is 14.2. The van der Waals surface area contributed by atoms with Crippen LogP contribution in [0.4, 0.5) is 4.39 Å². The molecule has 0 heterocycles. The van der Waals surface area contributed by atoms with Gasteiger partial charge in [0, 0.05) is 11.5 Å². The van der Waals surface area contributed by atoms with Gasteiger partial charge in [0.1, 0.15) is 5.60 Å². The Labute approximate surface area is 141 Å². The number of carboxylic acid groups (broad SMARTS) is 1. The molecule has 1 aromatic carbocycles. The zero-order valence-electron chi connectivity index (χ0n) is 13.8. The largest absolute Gasteiger partial charge is 0.545 e. The molecule has 4 bridgehead atoms. The summed E-state index contributed by atoms with van der Waals surface area (Å²) in [7, 11) is 0. The summed E-state index contributed by atoms with van der Waals surface area (Å²) in [6.07, 6.45) is 6.29. The summed E-state index contributed by atoms with van der Waals surface area (Å²) in [5.74, 6) is 2.80. The van der Waals surface area contributed by atoms with Crippen molar-refractivity contribution in [3.63, 3.8) is 0 Å². The van der Waals surface area contributed by atoms with Gasteiger partial charge in [-0.25, -0.2) is 4.39 Å². The van der Waals surface area contributed by atoms with E-state index in [1.165, 1.54) is 37.8 Å². The summed E-state index contributed by atoms with van der Waals surface area (Å²) < 4.78 is 20.3. The summed E-state index contributed by atoms with van der Waals surface area (Å²) in [6, 6.07) is 3.67. The average Bonchev–Trinajstić information content (AvgIpc) is 3.26. The molecule has 0 aliphatic heterocycles. The summed E-state index contributed by atoms with van der Waals surface area (Å²) in [5, 5.41) is 11.1. The van der Waals surface area contributed by atoms with Crippen molar-refractivity contribution in [1.82, 2.24) is 0 Å². The molecule has 7 atom stereocenters. The van der Waals surface area contributed by atoms with Crippen molar-refractivity contribution in [3.05, 3.63) is 29.6 Å². The number of benzene rings is 1. The third-order valence-corrected chi connectivity index (χ3v) is 7.57. The molecule has 24 heavy (non-hydrogen) atoms. The second-order valence-corrected chi connectivity index (χ2v) is 8.64. The van der Waals surface area contributed by atoms with E-state index in [0.29, 0.717) is 11.8 Å². The van der Waals surface area contributed by atoms with Crippen LogP contribution in [0, 0.1) is 41.3 Å².